The van der Waals surface area contributed by atoms with E-state index < -0.39 is 5.97 Å². The Morgan fingerprint density at radius 3 is 2.57 bits per heavy atom. The van der Waals surface area contributed by atoms with Crippen molar-refractivity contribution in [2.75, 3.05) is 18.5 Å². The fraction of sp³-hybridized carbons (Fsp3) is 0.176. The van der Waals surface area contributed by atoms with Crippen molar-refractivity contribution >= 4 is 29.2 Å². The van der Waals surface area contributed by atoms with Gasteiger partial charge in [-0.3, -0.25) is 4.79 Å². The van der Waals surface area contributed by atoms with Gasteiger partial charge in [-0.25, -0.2) is 4.79 Å². The van der Waals surface area contributed by atoms with Crippen molar-refractivity contribution in [2.24, 2.45) is 0 Å². The van der Waals surface area contributed by atoms with Gasteiger partial charge in [0.2, 0.25) is 0 Å². The van der Waals surface area contributed by atoms with E-state index in [-0.39, 0.29) is 12.5 Å². The molecule has 5 nitrogen and oxygen atoms in total. The van der Waals surface area contributed by atoms with Crippen LogP contribution in [0.2, 0.25) is 5.02 Å². The number of hydrogen-bond acceptors (Lipinski definition) is 4. The molecule has 0 bridgehead atoms. The van der Waals surface area contributed by atoms with Crippen LogP contribution in [0.3, 0.4) is 0 Å². The molecule has 2 aromatic rings. The Labute approximate surface area is 139 Å². The van der Waals surface area contributed by atoms with Crippen molar-refractivity contribution in [1.29, 1.82) is 0 Å². The Bertz CT molecular complexity index is 685. The molecule has 0 aliphatic carbocycles. The predicted octanol–water partition coefficient (Wildman–Crippen LogP) is 3.53. The van der Waals surface area contributed by atoms with Crippen LogP contribution in [-0.2, 0) is 9.53 Å². The number of esters is 1. The molecule has 0 fully saturated rings. The molecule has 0 heterocycles. The number of amides is 1. The number of carbonyl (C=O) groups is 2. The van der Waals surface area contributed by atoms with Crippen molar-refractivity contribution in [3.05, 3.63) is 59.1 Å². The first kappa shape index (κ1) is 16.8. The summed E-state index contributed by atoms with van der Waals surface area (Å²) in [4.78, 5) is 23.4. The van der Waals surface area contributed by atoms with Crippen LogP contribution in [0, 0.1) is 0 Å². The molecule has 2 rings (SSSR count). The van der Waals surface area contributed by atoms with Crippen molar-refractivity contribution < 1.29 is 19.1 Å². The van der Waals surface area contributed by atoms with Crippen molar-refractivity contribution in [3.63, 3.8) is 0 Å². The molecule has 0 aliphatic rings. The Morgan fingerprint density at radius 1 is 1.13 bits per heavy atom. The van der Waals surface area contributed by atoms with E-state index >= 15 is 0 Å². The van der Waals surface area contributed by atoms with Crippen LogP contribution in [0.5, 0.6) is 5.75 Å². The summed E-state index contributed by atoms with van der Waals surface area (Å²) in [5.74, 6) is -0.237. The van der Waals surface area contributed by atoms with E-state index in [1.807, 2.05) is 0 Å². The Kier molecular flexibility index (Phi) is 6.00. The highest BCUT2D eigenvalue weighted by atomic mass is 35.5. The number of benzene rings is 2. The molecule has 0 aliphatic heterocycles. The Balaban J connectivity index is 1.98. The summed E-state index contributed by atoms with van der Waals surface area (Å²) in [5, 5.41) is 3.32. The third-order valence-electron chi connectivity index (χ3n) is 2.86. The molecule has 2 aromatic carbocycles. The van der Waals surface area contributed by atoms with Gasteiger partial charge in [0.15, 0.2) is 6.61 Å². The average Bonchev–Trinajstić information content (AvgIpc) is 2.54. The minimum absolute atomic E-state index is 0.178. The molecule has 1 amide bonds. The maximum atomic E-state index is 12.1. The molecule has 0 radical (unpaired) electrons. The van der Waals surface area contributed by atoms with Gasteiger partial charge in [-0.15, -0.1) is 0 Å². The van der Waals surface area contributed by atoms with Crippen LogP contribution >= 0.6 is 11.6 Å². The number of ether oxygens (including phenoxy) is 2. The molecule has 1 N–H and O–H groups in total. The molecule has 0 saturated heterocycles. The normalized spacial score (nSPS) is 10.0. The number of rotatable bonds is 6. The third-order valence-corrected chi connectivity index (χ3v) is 3.11. The van der Waals surface area contributed by atoms with E-state index in [1.165, 1.54) is 0 Å². The Morgan fingerprint density at radius 2 is 1.87 bits per heavy atom. The number of hydrogen-bond donors (Lipinski definition) is 1. The zero-order valence-corrected chi connectivity index (χ0v) is 13.3. The number of carbonyl (C=O) groups excluding carboxylic acids is 2. The van der Waals surface area contributed by atoms with Crippen molar-refractivity contribution in [2.45, 2.75) is 6.92 Å². The van der Waals surface area contributed by atoms with Crippen molar-refractivity contribution in [1.82, 2.24) is 0 Å². The van der Waals surface area contributed by atoms with Crippen LogP contribution < -0.4 is 10.1 Å². The number of nitrogens with one attached hydrogen (secondary N) is 1. The maximum absolute atomic E-state index is 12.1. The quantitative estimate of drug-likeness (QED) is 0.821. The van der Waals surface area contributed by atoms with Crippen LogP contribution in [0.4, 0.5) is 5.69 Å². The van der Waals surface area contributed by atoms with Gasteiger partial charge in [-0.05, 0) is 43.3 Å². The van der Waals surface area contributed by atoms with E-state index in [1.54, 1.807) is 55.5 Å². The lowest BCUT2D eigenvalue weighted by Crippen LogP contribution is -2.15. The molecular weight excluding hydrogens is 318 g/mol. The second-order valence-electron chi connectivity index (χ2n) is 4.58. The first-order valence-corrected chi connectivity index (χ1v) is 7.41. The fourth-order valence-electron chi connectivity index (χ4n) is 1.81. The van der Waals surface area contributed by atoms with Crippen LogP contribution in [-0.4, -0.2) is 25.1 Å². The van der Waals surface area contributed by atoms with Crippen LogP contribution in [0.1, 0.15) is 17.3 Å². The molecule has 0 atom stereocenters. The largest absolute Gasteiger partial charge is 0.482 e. The molecule has 0 aromatic heterocycles. The van der Waals surface area contributed by atoms with Gasteiger partial charge in [0, 0.05) is 22.3 Å². The van der Waals surface area contributed by atoms with Gasteiger partial charge in [0.25, 0.3) is 5.91 Å². The van der Waals surface area contributed by atoms with E-state index in [2.05, 4.69) is 5.32 Å². The maximum Gasteiger partial charge on any atom is 0.344 e. The third kappa shape index (κ3) is 5.30. The predicted molar refractivity (Wildman–Crippen MR) is 88.0 cm³/mol. The first-order valence-electron chi connectivity index (χ1n) is 7.04. The summed E-state index contributed by atoms with van der Waals surface area (Å²) in [6.07, 6.45) is 0. The summed E-state index contributed by atoms with van der Waals surface area (Å²) in [6, 6.07) is 13.3. The second kappa shape index (κ2) is 8.19. The standard InChI is InChI=1S/C17H16ClNO4/c1-2-22-16(20)11-23-15-5-3-4-14(10-15)19-17(21)12-6-8-13(18)9-7-12/h3-10H,2,11H2,1H3,(H,19,21). The highest BCUT2D eigenvalue weighted by molar-refractivity contribution is 6.30. The minimum Gasteiger partial charge on any atom is -0.482 e. The van der Waals surface area contributed by atoms with Gasteiger partial charge in [-0.1, -0.05) is 17.7 Å². The summed E-state index contributed by atoms with van der Waals surface area (Å²) < 4.78 is 10.1. The fourth-order valence-corrected chi connectivity index (χ4v) is 1.94. The monoisotopic (exact) mass is 333 g/mol. The number of halogens is 1. The molecule has 0 saturated carbocycles. The molecule has 23 heavy (non-hydrogen) atoms. The van der Waals surface area contributed by atoms with Gasteiger partial charge in [0.05, 0.1) is 6.61 Å². The molecule has 6 heteroatoms. The van der Waals surface area contributed by atoms with E-state index in [9.17, 15) is 9.59 Å². The molecular formula is C17H16ClNO4. The van der Waals surface area contributed by atoms with Gasteiger partial charge in [0.1, 0.15) is 5.75 Å². The zero-order valence-electron chi connectivity index (χ0n) is 12.5. The average molecular weight is 334 g/mol. The van der Waals surface area contributed by atoms with Crippen LogP contribution in [0.25, 0.3) is 0 Å². The lowest BCUT2D eigenvalue weighted by molar-refractivity contribution is -0.145. The smallest absolute Gasteiger partial charge is 0.344 e. The zero-order chi connectivity index (χ0) is 16.7. The van der Waals surface area contributed by atoms with E-state index in [4.69, 9.17) is 21.1 Å². The van der Waals surface area contributed by atoms with Gasteiger partial charge >= 0.3 is 5.97 Å². The summed E-state index contributed by atoms with van der Waals surface area (Å²) >= 11 is 5.79. The van der Waals surface area contributed by atoms with Crippen LogP contribution in [0.15, 0.2) is 48.5 Å². The highest BCUT2D eigenvalue weighted by Crippen LogP contribution is 2.18. The van der Waals surface area contributed by atoms with Crippen molar-refractivity contribution in [3.8, 4) is 5.75 Å². The topological polar surface area (TPSA) is 64.6 Å². The summed E-state index contributed by atoms with van der Waals surface area (Å²) in [7, 11) is 0. The highest BCUT2D eigenvalue weighted by Gasteiger charge is 2.07. The second-order valence-corrected chi connectivity index (χ2v) is 5.02. The van der Waals surface area contributed by atoms with E-state index in [0.29, 0.717) is 28.6 Å². The summed E-state index contributed by atoms with van der Waals surface area (Å²) in [5.41, 5.74) is 1.05. The summed E-state index contributed by atoms with van der Waals surface area (Å²) in [6.45, 7) is 1.85. The van der Waals surface area contributed by atoms with E-state index in [0.717, 1.165) is 0 Å². The molecule has 0 unspecified atom stereocenters. The SMILES string of the molecule is CCOC(=O)COc1cccc(NC(=O)c2ccc(Cl)cc2)c1. The minimum atomic E-state index is -0.442. The lowest BCUT2D eigenvalue weighted by Gasteiger charge is -2.09. The van der Waals surface area contributed by atoms with Gasteiger partial charge < -0.3 is 14.8 Å². The molecule has 0 spiro atoms. The van der Waals surface area contributed by atoms with Gasteiger partial charge in [-0.2, -0.15) is 0 Å². The molecule has 120 valence electrons. The lowest BCUT2D eigenvalue weighted by atomic mass is 10.2. The number of anilines is 1. The Hall–Kier alpha value is -2.53. The first-order chi connectivity index (χ1) is 11.1.